The molecule has 1 atom stereocenters. The van der Waals surface area contributed by atoms with Crippen LogP contribution in [0.3, 0.4) is 0 Å². The molecule has 6 nitrogen and oxygen atoms in total. The first kappa shape index (κ1) is 19.3. The minimum atomic E-state index is -0.166. The Balaban J connectivity index is 1.30. The lowest BCUT2D eigenvalue weighted by Gasteiger charge is -2.32. The van der Waals surface area contributed by atoms with Crippen LogP contribution >= 0.6 is 0 Å². The van der Waals surface area contributed by atoms with Gasteiger partial charge >= 0.3 is 0 Å². The molecule has 0 bridgehead atoms. The number of carbonyl (C=O) groups excluding carboxylic acids is 2. The highest BCUT2D eigenvalue weighted by atomic mass is 16.6. The third kappa shape index (κ3) is 4.88. The zero-order chi connectivity index (χ0) is 20.1. The average Bonchev–Trinajstić information content (AvgIpc) is 2.78. The van der Waals surface area contributed by atoms with Gasteiger partial charge in [0.1, 0.15) is 13.2 Å². The van der Waals surface area contributed by atoms with Crippen molar-refractivity contribution >= 4 is 11.8 Å². The number of ether oxygens (including phenoxy) is 2. The van der Waals surface area contributed by atoms with Crippen molar-refractivity contribution in [1.82, 2.24) is 10.2 Å². The molecule has 1 saturated heterocycles. The number of hydrogen-bond donors (Lipinski definition) is 1. The molecular formula is C23H26N2O4. The number of hydrogen-bond acceptors (Lipinski definition) is 4. The average molecular weight is 394 g/mol. The van der Waals surface area contributed by atoms with E-state index in [4.69, 9.17) is 9.47 Å². The van der Waals surface area contributed by atoms with Crippen LogP contribution in [-0.2, 0) is 22.6 Å². The fraction of sp³-hybridized carbons (Fsp3) is 0.391. The number of nitrogens with one attached hydrogen (secondary N) is 1. The number of carbonyl (C=O) groups is 2. The van der Waals surface area contributed by atoms with E-state index in [-0.39, 0.29) is 17.7 Å². The van der Waals surface area contributed by atoms with Gasteiger partial charge in [0.25, 0.3) is 0 Å². The number of amides is 2. The van der Waals surface area contributed by atoms with Crippen LogP contribution < -0.4 is 14.8 Å². The van der Waals surface area contributed by atoms with Crippen LogP contribution in [0, 0.1) is 5.92 Å². The Morgan fingerprint density at radius 1 is 1.00 bits per heavy atom. The van der Waals surface area contributed by atoms with Gasteiger partial charge in [-0.15, -0.1) is 0 Å². The Labute approximate surface area is 170 Å². The number of piperidine rings is 1. The number of likely N-dealkylation sites (tertiary alicyclic amines) is 1. The lowest BCUT2D eigenvalue weighted by molar-refractivity contribution is -0.135. The molecule has 0 spiro atoms. The highest BCUT2D eigenvalue weighted by Crippen LogP contribution is 2.30. The number of nitrogens with zero attached hydrogens (tertiary/aromatic N) is 1. The van der Waals surface area contributed by atoms with Gasteiger partial charge in [0, 0.05) is 19.6 Å². The normalized spacial score (nSPS) is 18.2. The van der Waals surface area contributed by atoms with Crippen LogP contribution in [0.2, 0.25) is 0 Å². The minimum absolute atomic E-state index is 0.00269. The first-order valence-electron chi connectivity index (χ1n) is 10.2. The van der Waals surface area contributed by atoms with E-state index in [2.05, 4.69) is 5.32 Å². The van der Waals surface area contributed by atoms with Gasteiger partial charge in [-0.1, -0.05) is 36.4 Å². The van der Waals surface area contributed by atoms with Crippen molar-refractivity contribution in [1.29, 1.82) is 0 Å². The number of rotatable bonds is 5. The maximum Gasteiger partial charge on any atom is 0.227 e. The minimum Gasteiger partial charge on any atom is -0.486 e. The zero-order valence-electron chi connectivity index (χ0n) is 16.4. The molecule has 2 aliphatic rings. The summed E-state index contributed by atoms with van der Waals surface area (Å²) >= 11 is 0. The summed E-state index contributed by atoms with van der Waals surface area (Å²) in [5.74, 6) is 1.38. The van der Waals surface area contributed by atoms with Crippen LogP contribution in [-0.4, -0.2) is 43.0 Å². The molecular weight excluding hydrogens is 368 g/mol. The van der Waals surface area contributed by atoms with Gasteiger partial charge in [-0.3, -0.25) is 9.59 Å². The summed E-state index contributed by atoms with van der Waals surface area (Å²) in [7, 11) is 0. The summed E-state index contributed by atoms with van der Waals surface area (Å²) in [6.45, 7) is 2.74. The van der Waals surface area contributed by atoms with E-state index in [1.165, 1.54) is 0 Å². The van der Waals surface area contributed by atoms with Crippen molar-refractivity contribution in [2.75, 3.05) is 26.3 Å². The van der Waals surface area contributed by atoms with E-state index in [9.17, 15) is 9.59 Å². The number of fused-ring (bicyclic) bond motifs is 1. The lowest BCUT2D eigenvalue weighted by atomic mass is 9.96. The van der Waals surface area contributed by atoms with Crippen molar-refractivity contribution in [3.8, 4) is 11.5 Å². The van der Waals surface area contributed by atoms with Crippen molar-refractivity contribution in [2.45, 2.75) is 25.8 Å². The molecule has 2 heterocycles. The first-order chi connectivity index (χ1) is 14.2. The Hall–Kier alpha value is -3.02. The first-order valence-corrected chi connectivity index (χ1v) is 10.2. The summed E-state index contributed by atoms with van der Waals surface area (Å²) in [5.41, 5.74) is 1.97. The van der Waals surface area contributed by atoms with E-state index < -0.39 is 0 Å². The van der Waals surface area contributed by atoms with E-state index >= 15 is 0 Å². The van der Waals surface area contributed by atoms with Gasteiger partial charge in [0.15, 0.2) is 11.5 Å². The maximum absolute atomic E-state index is 12.7. The second-order valence-electron chi connectivity index (χ2n) is 7.54. The van der Waals surface area contributed by atoms with Gasteiger partial charge in [-0.2, -0.15) is 0 Å². The molecule has 4 rings (SSSR count). The maximum atomic E-state index is 12.7. The molecule has 2 aromatic carbocycles. The summed E-state index contributed by atoms with van der Waals surface area (Å²) < 4.78 is 11.1. The Kier molecular flexibility index (Phi) is 5.98. The summed E-state index contributed by atoms with van der Waals surface area (Å²) in [6, 6.07) is 15.5. The molecule has 0 radical (unpaired) electrons. The third-order valence-corrected chi connectivity index (χ3v) is 5.42. The highest BCUT2D eigenvalue weighted by molar-refractivity contribution is 5.82. The van der Waals surface area contributed by atoms with Gasteiger partial charge < -0.3 is 19.7 Å². The van der Waals surface area contributed by atoms with Crippen molar-refractivity contribution in [3.63, 3.8) is 0 Å². The molecule has 1 N–H and O–H groups in total. The predicted molar refractivity (Wildman–Crippen MR) is 109 cm³/mol. The van der Waals surface area contributed by atoms with Crippen molar-refractivity contribution < 1.29 is 19.1 Å². The van der Waals surface area contributed by atoms with E-state index in [0.29, 0.717) is 32.7 Å². The Morgan fingerprint density at radius 3 is 2.62 bits per heavy atom. The summed E-state index contributed by atoms with van der Waals surface area (Å²) in [6.07, 6.45) is 2.04. The monoisotopic (exact) mass is 394 g/mol. The molecule has 152 valence electrons. The van der Waals surface area contributed by atoms with Gasteiger partial charge in [0.05, 0.1) is 12.3 Å². The van der Waals surface area contributed by atoms with E-state index in [0.717, 1.165) is 42.0 Å². The molecule has 2 aliphatic heterocycles. The summed E-state index contributed by atoms with van der Waals surface area (Å²) in [4.78, 5) is 27.1. The quantitative estimate of drug-likeness (QED) is 0.846. The van der Waals surface area contributed by atoms with Crippen LogP contribution in [0.1, 0.15) is 24.0 Å². The van der Waals surface area contributed by atoms with Gasteiger partial charge in [-0.25, -0.2) is 0 Å². The van der Waals surface area contributed by atoms with Gasteiger partial charge in [-0.05, 0) is 36.1 Å². The van der Waals surface area contributed by atoms with E-state index in [1.807, 2.05) is 53.4 Å². The second kappa shape index (κ2) is 8.99. The Morgan fingerprint density at radius 2 is 1.79 bits per heavy atom. The highest BCUT2D eigenvalue weighted by Gasteiger charge is 2.28. The fourth-order valence-corrected chi connectivity index (χ4v) is 3.83. The SMILES string of the molecule is O=C(NCc1ccc2c(c1)OCCO2)C1CCCN(C(=O)Cc2ccccc2)C1. The van der Waals surface area contributed by atoms with Crippen molar-refractivity contribution in [2.24, 2.45) is 5.92 Å². The molecule has 1 unspecified atom stereocenters. The molecule has 1 fully saturated rings. The third-order valence-electron chi connectivity index (χ3n) is 5.42. The molecule has 0 aliphatic carbocycles. The second-order valence-corrected chi connectivity index (χ2v) is 7.54. The number of benzene rings is 2. The topological polar surface area (TPSA) is 67.9 Å². The van der Waals surface area contributed by atoms with Gasteiger partial charge in [0.2, 0.25) is 11.8 Å². The van der Waals surface area contributed by atoms with Crippen LogP contribution in [0.4, 0.5) is 0 Å². The van der Waals surface area contributed by atoms with Crippen molar-refractivity contribution in [3.05, 3.63) is 59.7 Å². The molecule has 29 heavy (non-hydrogen) atoms. The zero-order valence-corrected chi connectivity index (χ0v) is 16.4. The molecule has 0 saturated carbocycles. The largest absolute Gasteiger partial charge is 0.486 e. The fourth-order valence-electron chi connectivity index (χ4n) is 3.83. The molecule has 2 amide bonds. The van der Waals surface area contributed by atoms with Crippen LogP contribution in [0.5, 0.6) is 11.5 Å². The summed E-state index contributed by atoms with van der Waals surface area (Å²) in [5, 5.41) is 3.01. The predicted octanol–water partition coefficient (Wildman–Crippen LogP) is 2.56. The lowest BCUT2D eigenvalue weighted by Crippen LogP contribution is -2.45. The van der Waals surface area contributed by atoms with Crippen LogP contribution in [0.25, 0.3) is 0 Å². The van der Waals surface area contributed by atoms with Crippen LogP contribution in [0.15, 0.2) is 48.5 Å². The molecule has 0 aromatic heterocycles. The smallest absolute Gasteiger partial charge is 0.227 e. The molecule has 2 aromatic rings. The van der Waals surface area contributed by atoms with E-state index in [1.54, 1.807) is 0 Å². The Bertz CT molecular complexity index is 868. The molecule has 6 heteroatoms. The standard InChI is InChI=1S/C23H26N2O4/c26-22(14-17-5-2-1-3-6-17)25-10-4-7-19(16-25)23(27)24-15-18-8-9-20-21(13-18)29-12-11-28-20/h1-3,5-6,8-9,13,19H,4,7,10-12,14-16H2,(H,24,27).